The second kappa shape index (κ2) is 6.41. The zero-order valence-electron chi connectivity index (χ0n) is 11.2. The first-order valence-corrected chi connectivity index (χ1v) is 6.95. The zero-order chi connectivity index (χ0) is 13.0. The van der Waals surface area contributed by atoms with Crippen LogP contribution in [0.4, 0.5) is 5.69 Å². The summed E-state index contributed by atoms with van der Waals surface area (Å²) in [6.45, 7) is 5.37. The summed E-state index contributed by atoms with van der Waals surface area (Å²) in [5.74, 6) is 0. The number of likely N-dealkylation sites (N-methyl/N-ethyl adjacent to an activating group) is 1. The minimum Gasteiger partial charge on any atom is -0.370 e. The predicted molar refractivity (Wildman–Crippen MR) is 78.5 cm³/mol. The zero-order valence-corrected chi connectivity index (χ0v) is 12.0. The normalized spacial score (nSPS) is 17.8. The largest absolute Gasteiger partial charge is 0.370 e. The van der Waals surface area contributed by atoms with E-state index in [-0.39, 0.29) is 0 Å². The number of anilines is 1. The molecule has 1 aromatic carbocycles. The van der Waals surface area contributed by atoms with Gasteiger partial charge in [0.15, 0.2) is 0 Å². The first-order chi connectivity index (χ1) is 8.70. The Bertz CT molecular complexity index is 395. The fourth-order valence-corrected chi connectivity index (χ4v) is 2.63. The highest BCUT2D eigenvalue weighted by molar-refractivity contribution is 6.30. The molecule has 0 aliphatic carbocycles. The van der Waals surface area contributed by atoms with Gasteiger partial charge in [-0.3, -0.25) is 0 Å². The summed E-state index contributed by atoms with van der Waals surface area (Å²) in [6, 6.07) is 6.20. The number of nitrogens with zero attached hydrogens (tertiary/aromatic N) is 2. The number of nitrogens with one attached hydrogen (secondary N) is 1. The van der Waals surface area contributed by atoms with Gasteiger partial charge in [-0.2, -0.15) is 0 Å². The first kappa shape index (κ1) is 13.7. The molecule has 1 fully saturated rings. The van der Waals surface area contributed by atoms with Gasteiger partial charge < -0.3 is 15.1 Å². The number of benzene rings is 1. The topological polar surface area (TPSA) is 18.5 Å². The molecule has 1 aliphatic rings. The van der Waals surface area contributed by atoms with Crippen LogP contribution in [0.2, 0.25) is 5.02 Å². The monoisotopic (exact) mass is 267 g/mol. The number of hydrogen-bond acceptors (Lipinski definition) is 3. The van der Waals surface area contributed by atoms with Crippen molar-refractivity contribution < 1.29 is 0 Å². The summed E-state index contributed by atoms with van der Waals surface area (Å²) < 4.78 is 0. The molecule has 0 aromatic heterocycles. The van der Waals surface area contributed by atoms with Crippen molar-refractivity contribution in [2.24, 2.45) is 0 Å². The average Bonchev–Trinajstić information content (AvgIpc) is 2.57. The number of rotatable bonds is 3. The fraction of sp³-hybridized carbons (Fsp3) is 0.571. The van der Waals surface area contributed by atoms with Gasteiger partial charge in [0.05, 0.1) is 0 Å². The van der Waals surface area contributed by atoms with Gasteiger partial charge in [0, 0.05) is 36.9 Å². The molecule has 1 aliphatic heterocycles. The summed E-state index contributed by atoms with van der Waals surface area (Å²) in [5.41, 5.74) is 2.61. The first-order valence-electron chi connectivity index (χ1n) is 6.57. The van der Waals surface area contributed by atoms with Gasteiger partial charge in [-0.25, -0.2) is 0 Å². The molecule has 0 amide bonds. The van der Waals surface area contributed by atoms with Crippen molar-refractivity contribution in [3.05, 3.63) is 28.8 Å². The van der Waals surface area contributed by atoms with E-state index in [1.165, 1.54) is 24.2 Å². The molecule has 1 N–H and O–H groups in total. The Morgan fingerprint density at radius 1 is 1.22 bits per heavy atom. The van der Waals surface area contributed by atoms with E-state index in [9.17, 15) is 0 Å². The van der Waals surface area contributed by atoms with Crippen LogP contribution in [0.25, 0.3) is 0 Å². The SMILES string of the molecule is CNCc1ccc(Cl)cc1N1CCCN(C)CC1. The molecule has 1 saturated heterocycles. The molecule has 1 heterocycles. The molecule has 1 aromatic rings. The van der Waals surface area contributed by atoms with Gasteiger partial charge in [0.1, 0.15) is 0 Å². The van der Waals surface area contributed by atoms with E-state index in [0.717, 1.165) is 31.2 Å². The summed E-state index contributed by atoms with van der Waals surface area (Å²) in [5, 5.41) is 4.05. The molecule has 0 atom stereocenters. The third-order valence-electron chi connectivity index (χ3n) is 3.47. The molecule has 0 unspecified atom stereocenters. The minimum atomic E-state index is 0.822. The van der Waals surface area contributed by atoms with Crippen LogP contribution in [-0.2, 0) is 6.54 Å². The molecular formula is C14H22ClN3. The standard InChI is InChI=1S/C14H22ClN3/c1-16-11-12-4-5-13(15)10-14(12)18-7-3-6-17(2)8-9-18/h4-5,10,16H,3,6-9,11H2,1-2H3. The summed E-state index contributed by atoms with van der Waals surface area (Å²) in [7, 11) is 4.17. The van der Waals surface area contributed by atoms with Crippen molar-refractivity contribution in [3.8, 4) is 0 Å². The van der Waals surface area contributed by atoms with Crippen LogP contribution < -0.4 is 10.2 Å². The van der Waals surface area contributed by atoms with Gasteiger partial charge >= 0.3 is 0 Å². The maximum Gasteiger partial charge on any atom is 0.0427 e. The molecule has 2 rings (SSSR count). The summed E-state index contributed by atoms with van der Waals surface area (Å²) in [4.78, 5) is 4.85. The fourth-order valence-electron chi connectivity index (χ4n) is 2.46. The molecular weight excluding hydrogens is 246 g/mol. The van der Waals surface area contributed by atoms with Crippen LogP contribution in [0.5, 0.6) is 0 Å². The lowest BCUT2D eigenvalue weighted by atomic mass is 10.1. The molecule has 100 valence electrons. The van der Waals surface area contributed by atoms with Crippen LogP contribution in [0.15, 0.2) is 18.2 Å². The number of hydrogen-bond donors (Lipinski definition) is 1. The van der Waals surface area contributed by atoms with Gasteiger partial charge in [-0.05, 0) is 44.8 Å². The van der Waals surface area contributed by atoms with E-state index in [0.29, 0.717) is 0 Å². The van der Waals surface area contributed by atoms with E-state index in [1.807, 2.05) is 13.1 Å². The summed E-state index contributed by atoms with van der Waals surface area (Å²) in [6.07, 6.45) is 1.21. The second-order valence-electron chi connectivity index (χ2n) is 4.95. The Morgan fingerprint density at radius 3 is 2.83 bits per heavy atom. The van der Waals surface area contributed by atoms with Crippen molar-refractivity contribution >= 4 is 17.3 Å². The van der Waals surface area contributed by atoms with Crippen LogP contribution in [0.3, 0.4) is 0 Å². The maximum atomic E-state index is 6.15. The number of halogens is 1. The molecule has 3 nitrogen and oxygen atoms in total. The Labute approximate surface area is 115 Å². The molecule has 4 heteroatoms. The Morgan fingerprint density at radius 2 is 2.06 bits per heavy atom. The molecule has 0 spiro atoms. The lowest BCUT2D eigenvalue weighted by Gasteiger charge is -2.26. The van der Waals surface area contributed by atoms with Crippen molar-refractivity contribution in [1.82, 2.24) is 10.2 Å². The highest BCUT2D eigenvalue weighted by atomic mass is 35.5. The van der Waals surface area contributed by atoms with Crippen LogP contribution in [0, 0.1) is 0 Å². The van der Waals surface area contributed by atoms with Gasteiger partial charge in [-0.1, -0.05) is 17.7 Å². The van der Waals surface area contributed by atoms with E-state index in [1.54, 1.807) is 0 Å². The highest BCUT2D eigenvalue weighted by Gasteiger charge is 2.15. The smallest absolute Gasteiger partial charge is 0.0427 e. The highest BCUT2D eigenvalue weighted by Crippen LogP contribution is 2.26. The van der Waals surface area contributed by atoms with Crippen molar-refractivity contribution in [2.75, 3.05) is 45.2 Å². The Balaban J connectivity index is 2.21. The lowest BCUT2D eigenvalue weighted by Crippen LogP contribution is -2.29. The van der Waals surface area contributed by atoms with Gasteiger partial charge in [0.2, 0.25) is 0 Å². The predicted octanol–water partition coefficient (Wildman–Crippen LogP) is 2.20. The average molecular weight is 268 g/mol. The molecule has 0 radical (unpaired) electrons. The molecule has 18 heavy (non-hydrogen) atoms. The van der Waals surface area contributed by atoms with Crippen LogP contribution in [-0.4, -0.2) is 45.2 Å². The summed E-state index contributed by atoms with van der Waals surface area (Å²) >= 11 is 6.15. The van der Waals surface area contributed by atoms with Crippen molar-refractivity contribution in [2.45, 2.75) is 13.0 Å². The lowest BCUT2D eigenvalue weighted by molar-refractivity contribution is 0.360. The molecule has 0 saturated carbocycles. The molecule has 0 bridgehead atoms. The van der Waals surface area contributed by atoms with Crippen LogP contribution in [0.1, 0.15) is 12.0 Å². The van der Waals surface area contributed by atoms with Gasteiger partial charge in [0.25, 0.3) is 0 Å². The second-order valence-corrected chi connectivity index (χ2v) is 5.38. The van der Waals surface area contributed by atoms with E-state index in [2.05, 4.69) is 34.3 Å². The quantitative estimate of drug-likeness (QED) is 0.906. The third kappa shape index (κ3) is 3.37. The Hall–Kier alpha value is -0.770. The third-order valence-corrected chi connectivity index (χ3v) is 3.71. The minimum absolute atomic E-state index is 0.822. The Kier molecular flexibility index (Phi) is 4.87. The van der Waals surface area contributed by atoms with Crippen molar-refractivity contribution in [3.63, 3.8) is 0 Å². The van der Waals surface area contributed by atoms with Gasteiger partial charge in [-0.15, -0.1) is 0 Å². The van der Waals surface area contributed by atoms with Crippen LogP contribution >= 0.6 is 11.6 Å². The van der Waals surface area contributed by atoms with E-state index in [4.69, 9.17) is 11.6 Å². The maximum absolute atomic E-state index is 6.15. The van der Waals surface area contributed by atoms with E-state index >= 15 is 0 Å². The van der Waals surface area contributed by atoms with Crippen molar-refractivity contribution in [1.29, 1.82) is 0 Å². The van der Waals surface area contributed by atoms with E-state index < -0.39 is 0 Å².